The van der Waals surface area contributed by atoms with E-state index in [4.69, 9.17) is 4.74 Å². The third-order valence-electron chi connectivity index (χ3n) is 2.90. The van der Waals surface area contributed by atoms with Gasteiger partial charge in [0.25, 0.3) is 0 Å². The monoisotopic (exact) mass is 262 g/mol. The van der Waals surface area contributed by atoms with Crippen LogP contribution in [0.1, 0.15) is 18.5 Å². The molecule has 0 bridgehead atoms. The number of hydrogen-bond donors (Lipinski definition) is 3. The van der Waals surface area contributed by atoms with Crippen molar-refractivity contribution in [1.29, 1.82) is 0 Å². The van der Waals surface area contributed by atoms with E-state index < -0.39 is 12.0 Å². The van der Waals surface area contributed by atoms with E-state index in [1.807, 2.05) is 0 Å². The Balaban J connectivity index is 2.46. The van der Waals surface area contributed by atoms with Crippen LogP contribution in [-0.4, -0.2) is 24.2 Å². The highest BCUT2D eigenvalue weighted by Gasteiger charge is 2.31. The van der Waals surface area contributed by atoms with Crippen LogP contribution < -0.4 is 10.6 Å². The molecule has 1 aliphatic rings. The first kappa shape index (κ1) is 12.9. The summed E-state index contributed by atoms with van der Waals surface area (Å²) in [7, 11) is 1.28. The van der Waals surface area contributed by atoms with Crippen LogP contribution in [0.2, 0.25) is 0 Å². The molecule has 0 aliphatic carbocycles. The summed E-state index contributed by atoms with van der Waals surface area (Å²) < 4.78 is 4.73. The lowest BCUT2D eigenvalue weighted by Crippen LogP contribution is -2.45. The van der Waals surface area contributed by atoms with Crippen LogP contribution in [0, 0.1) is 0 Å². The van der Waals surface area contributed by atoms with E-state index in [-0.39, 0.29) is 11.8 Å². The number of allylic oxidation sites excluding steroid dienone is 1. The number of urea groups is 1. The molecule has 0 aromatic heterocycles. The zero-order valence-electron chi connectivity index (χ0n) is 10.6. The number of esters is 1. The van der Waals surface area contributed by atoms with Crippen LogP contribution in [0.3, 0.4) is 0 Å². The molecule has 19 heavy (non-hydrogen) atoms. The Hall–Kier alpha value is -2.50. The molecule has 3 N–H and O–H groups in total. The van der Waals surface area contributed by atoms with Gasteiger partial charge in [-0.15, -0.1) is 0 Å². The van der Waals surface area contributed by atoms with Gasteiger partial charge in [0.1, 0.15) is 5.75 Å². The van der Waals surface area contributed by atoms with E-state index in [0.717, 1.165) is 0 Å². The van der Waals surface area contributed by atoms with Gasteiger partial charge in [0.05, 0.1) is 18.7 Å². The predicted octanol–water partition coefficient (Wildman–Crippen LogP) is 1.19. The molecule has 100 valence electrons. The zero-order valence-corrected chi connectivity index (χ0v) is 10.6. The highest BCUT2D eigenvalue weighted by molar-refractivity contribution is 5.94. The quantitative estimate of drug-likeness (QED) is 0.699. The molecule has 0 spiro atoms. The Kier molecular flexibility index (Phi) is 3.41. The van der Waals surface area contributed by atoms with Gasteiger partial charge in [0.15, 0.2) is 0 Å². The summed E-state index contributed by atoms with van der Waals surface area (Å²) in [6.45, 7) is 1.64. The highest BCUT2D eigenvalue weighted by Crippen LogP contribution is 2.28. The van der Waals surface area contributed by atoms with E-state index in [1.54, 1.807) is 19.1 Å². The minimum absolute atomic E-state index is 0.115. The number of carbonyl (C=O) groups is 2. The molecule has 6 heteroatoms. The molecule has 1 aromatic carbocycles. The van der Waals surface area contributed by atoms with Crippen molar-refractivity contribution in [3.8, 4) is 5.75 Å². The van der Waals surface area contributed by atoms with E-state index in [0.29, 0.717) is 16.8 Å². The molecule has 0 saturated carbocycles. The molecule has 1 unspecified atom stereocenters. The summed E-state index contributed by atoms with van der Waals surface area (Å²) in [4.78, 5) is 23.3. The van der Waals surface area contributed by atoms with Gasteiger partial charge in [-0.2, -0.15) is 0 Å². The fourth-order valence-electron chi connectivity index (χ4n) is 1.99. The maximum absolute atomic E-state index is 11.8. The summed E-state index contributed by atoms with van der Waals surface area (Å²) in [6.07, 6.45) is 0. The lowest BCUT2D eigenvalue weighted by atomic mass is 9.95. The number of phenols is 1. The normalized spacial score (nSPS) is 18.6. The number of ether oxygens (including phenoxy) is 1. The fourth-order valence-corrected chi connectivity index (χ4v) is 1.99. The van der Waals surface area contributed by atoms with Crippen molar-refractivity contribution in [3.05, 3.63) is 41.1 Å². The standard InChI is InChI=1S/C13H14N2O4/c1-7-10(12(17)19-2)11(15-13(18)14-7)8-3-5-9(16)6-4-8/h3-6,11,16H,1-2H3,(H2,14,15,18). The summed E-state index contributed by atoms with van der Waals surface area (Å²) >= 11 is 0. The second-order valence-corrected chi connectivity index (χ2v) is 4.15. The summed E-state index contributed by atoms with van der Waals surface area (Å²) in [5.74, 6) is -0.396. The summed E-state index contributed by atoms with van der Waals surface area (Å²) in [6, 6.07) is 5.29. The number of carbonyl (C=O) groups excluding carboxylic acids is 2. The Morgan fingerprint density at radius 3 is 2.53 bits per heavy atom. The van der Waals surface area contributed by atoms with E-state index in [1.165, 1.54) is 19.2 Å². The molecule has 0 fully saturated rings. The average Bonchev–Trinajstić information content (AvgIpc) is 2.38. The number of amides is 2. The van der Waals surface area contributed by atoms with E-state index in [9.17, 15) is 14.7 Å². The van der Waals surface area contributed by atoms with Gasteiger partial charge >= 0.3 is 12.0 Å². The van der Waals surface area contributed by atoms with Crippen molar-refractivity contribution in [2.75, 3.05) is 7.11 Å². The maximum atomic E-state index is 11.8. The Morgan fingerprint density at radius 2 is 1.95 bits per heavy atom. The van der Waals surface area contributed by atoms with E-state index >= 15 is 0 Å². The van der Waals surface area contributed by atoms with Crippen LogP contribution in [-0.2, 0) is 9.53 Å². The topological polar surface area (TPSA) is 87.7 Å². The number of phenolic OH excluding ortho intramolecular Hbond substituents is 1. The number of hydrogen-bond acceptors (Lipinski definition) is 4. The zero-order chi connectivity index (χ0) is 14.0. The van der Waals surface area contributed by atoms with Gasteiger partial charge in [-0.25, -0.2) is 9.59 Å². The molecule has 1 aromatic rings. The number of methoxy groups -OCH3 is 1. The largest absolute Gasteiger partial charge is 0.508 e. The molecular formula is C13H14N2O4. The number of nitrogens with one attached hydrogen (secondary N) is 2. The predicted molar refractivity (Wildman–Crippen MR) is 67.2 cm³/mol. The first-order valence-corrected chi connectivity index (χ1v) is 5.68. The molecule has 1 heterocycles. The van der Waals surface area contributed by atoms with Gasteiger partial charge in [0.2, 0.25) is 0 Å². The van der Waals surface area contributed by atoms with Crippen molar-refractivity contribution < 1.29 is 19.4 Å². The van der Waals surface area contributed by atoms with Crippen molar-refractivity contribution in [2.24, 2.45) is 0 Å². The molecule has 0 radical (unpaired) electrons. The van der Waals surface area contributed by atoms with Crippen LogP contribution in [0.15, 0.2) is 35.5 Å². The average molecular weight is 262 g/mol. The lowest BCUT2D eigenvalue weighted by Gasteiger charge is -2.27. The molecule has 1 aliphatic heterocycles. The van der Waals surface area contributed by atoms with Crippen LogP contribution in [0.4, 0.5) is 4.79 Å². The van der Waals surface area contributed by atoms with Crippen LogP contribution in [0.5, 0.6) is 5.75 Å². The van der Waals surface area contributed by atoms with Crippen LogP contribution >= 0.6 is 0 Å². The minimum Gasteiger partial charge on any atom is -0.508 e. The third-order valence-corrected chi connectivity index (χ3v) is 2.90. The number of aromatic hydroxyl groups is 1. The van der Waals surface area contributed by atoms with Crippen molar-refractivity contribution in [2.45, 2.75) is 13.0 Å². The molecule has 2 rings (SSSR count). The van der Waals surface area contributed by atoms with E-state index in [2.05, 4.69) is 10.6 Å². The summed E-state index contributed by atoms with van der Waals surface area (Å²) in [5.41, 5.74) is 1.48. The number of benzene rings is 1. The smallest absolute Gasteiger partial charge is 0.337 e. The van der Waals surface area contributed by atoms with Crippen molar-refractivity contribution in [3.63, 3.8) is 0 Å². The van der Waals surface area contributed by atoms with Gasteiger partial charge in [-0.1, -0.05) is 12.1 Å². The molecule has 6 nitrogen and oxygen atoms in total. The molecule has 0 saturated heterocycles. The van der Waals surface area contributed by atoms with Gasteiger partial charge in [-0.3, -0.25) is 0 Å². The molecule has 2 amide bonds. The SMILES string of the molecule is COC(=O)C1=C(C)NC(=O)NC1c1ccc(O)cc1. The first-order chi connectivity index (χ1) is 9.02. The first-order valence-electron chi connectivity index (χ1n) is 5.68. The van der Waals surface area contributed by atoms with Crippen LogP contribution in [0.25, 0.3) is 0 Å². The van der Waals surface area contributed by atoms with Crippen molar-refractivity contribution in [1.82, 2.24) is 10.6 Å². The number of rotatable bonds is 2. The summed E-state index contributed by atoms with van der Waals surface area (Å²) in [5, 5.41) is 14.5. The Bertz CT molecular complexity index is 548. The molecular weight excluding hydrogens is 248 g/mol. The van der Waals surface area contributed by atoms with Gasteiger partial charge in [-0.05, 0) is 24.6 Å². The van der Waals surface area contributed by atoms with Gasteiger partial charge < -0.3 is 20.5 Å². The lowest BCUT2D eigenvalue weighted by molar-refractivity contribution is -0.136. The highest BCUT2D eigenvalue weighted by atomic mass is 16.5. The fraction of sp³-hybridized carbons (Fsp3) is 0.231. The van der Waals surface area contributed by atoms with Gasteiger partial charge in [0, 0.05) is 5.70 Å². The Morgan fingerprint density at radius 1 is 1.32 bits per heavy atom. The maximum Gasteiger partial charge on any atom is 0.337 e. The second kappa shape index (κ2) is 5.01. The Labute approximate surface area is 110 Å². The minimum atomic E-state index is -0.596. The van der Waals surface area contributed by atoms with Crippen molar-refractivity contribution >= 4 is 12.0 Å². The molecule has 1 atom stereocenters. The third kappa shape index (κ3) is 2.52. The second-order valence-electron chi connectivity index (χ2n) is 4.15.